The Balaban J connectivity index is 1.37. The minimum atomic E-state index is -0.472. The predicted molar refractivity (Wildman–Crippen MR) is 112 cm³/mol. The Morgan fingerprint density at radius 3 is 2.70 bits per heavy atom. The predicted octanol–water partition coefficient (Wildman–Crippen LogP) is 3.43. The molecule has 7 heteroatoms. The molecule has 4 rings (SSSR count). The molecule has 1 aliphatic heterocycles. The molecule has 0 spiro atoms. The number of amides is 2. The number of nitrogens with zero attached hydrogens (tertiary/aromatic N) is 3. The normalized spacial score (nSPS) is 16.3. The van der Waals surface area contributed by atoms with Gasteiger partial charge in [-0.2, -0.15) is 5.10 Å². The Hall–Kier alpha value is -3.48. The second kappa shape index (κ2) is 8.90. The topological polar surface area (TPSA) is 67.2 Å². The van der Waals surface area contributed by atoms with Gasteiger partial charge in [-0.05, 0) is 42.7 Å². The smallest absolute Gasteiger partial charge is 0.229 e. The van der Waals surface area contributed by atoms with Crippen LogP contribution in [0.5, 0.6) is 0 Å². The molecule has 2 aromatic carbocycles. The van der Waals surface area contributed by atoms with Crippen LogP contribution in [0, 0.1) is 11.7 Å². The summed E-state index contributed by atoms with van der Waals surface area (Å²) in [6.45, 7) is 1.04. The fraction of sp³-hybridized carbons (Fsp3) is 0.261. The number of carbonyl (C=O) groups excluding carboxylic acids is 2. The van der Waals surface area contributed by atoms with Crippen LogP contribution >= 0.6 is 0 Å². The van der Waals surface area contributed by atoms with Gasteiger partial charge in [0.05, 0.1) is 12.3 Å². The van der Waals surface area contributed by atoms with Crippen LogP contribution in [-0.4, -0.2) is 39.6 Å². The van der Waals surface area contributed by atoms with Crippen molar-refractivity contribution in [3.63, 3.8) is 0 Å². The molecule has 0 unspecified atom stereocenters. The van der Waals surface area contributed by atoms with Gasteiger partial charge in [0.1, 0.15) is 5.69 Å². The van der Waals surface area contributed by atoms with E-state index in [9.17, 15) is 14.0 Å². The van der Waals surface area contributed by atoms with E-state index in [1.165, 1.54) is 10.7 Å². The zero-order valence-electron chi connectivity index (χ0n) is 16.5. The highest BCUT2D eigenvalue weighted by molar-refractivity contribution is 5.93. The molecule has 1 atom stereocenters. The van der Waals surface area contributed by atoms with Crippen molar-refractivity contribution in [3.8, 4) is 5.69 Å². The average molecular weight is 406 g/mol. The molecule has 30 heavy (non-hydrogen) atoms. The molecule has 2 amide bonds. The molecule has 154 valence electrons. The molecule has 1 N–H and O–H groups in total. The third-order valence-corrected chi connectivity index (χ3v) is 5.31. The molecule has 1 aliphatic rings. The van der Waals surface area contributed by atoms with Gasteiger partial charge in [-0.3, -0.25) is 9.59 Å². The van der Waals surface area contributed by atoms with Gasteiger partial charge >= 0.3 is 0 Å². The molecule has 0 bridgehead atoms. The van der Waals surface area contributed by atoms with Gasteiger partial charge in [0.2, 0.25) is 11.8 Å². The van der Waals surface area contributed by atoms with E-state index in [-0.39, 0.29) is 17.7 Å². The number of halogens is 1. The lowest BCUT2D eigenvalue weighted by molar-refractivity contribution is -0.133. The summed E-state index contributed by atoms with van der Waals surface area (Å²) in [4.78, 5) is 27.1. The number of aromatic nitrogens is 2. The van der Waals surface area contributed by atoms with Gasteiger partial charge in [0, 0.05) is 31.2 Å². The number of hydrogen-bond acceptors (Lipinski definition) is 3. The zero-order chi connectivity index (χ0) is 20.9. The van der Waals surface area contributed by atoms with Gasteiger partial charge < -0.3 is 10.2 Å². The van der Waals surface area contributed by atoms with Crippen LogP contribution in [-0.2, 0) is 16.0 Å². The Morgan fingerprint density at radius 1 is 1.13 bits per heavy atom. The number of carbonyl (C=O) groups is 2. The highest BCUT2D eigenvalue weighted by atomic mass is 19.1. The lowest BCUT2D eigenvalue weighted by Gasteiger charge is -2.32. The largest absolute Gasteiger partial charge is 0.342 e. The molecule has 1 saturated heterocycles. The monoisotopic (exact) mass is 406 g/mol. The molecule has 1 aromatic heterocycles. The summed E-state index contributed by atoms with van der Waals surface area (Å²) in [5.41, 5.74) is 1.66. The van der Waals surface area contributed by atoms with Gasteiger partial charge in [0.25, 0.3) is 0 Å². The van der Waals surface area contributed by atoms with Crippen molar-refractivity contribution < 1.29 is 14.0 Å². The molecular weight excluding hydrogens is 383 g/mol. The lowest BCUT2D eigenvalue weighted by Crippen LogP contribution is -2.44. The molecule has 0 saturated carbocycles. The van der Waals surface area contributed by atoms with Crippen molar-refractivity contribution in [3.05, 3.63) is 78.4 Å². The van der Waals surface area contributed by atoms with E-state index in [0.717, 1.165) is 12.0 Å². The molecule has 3 aromatic rings. The zero-order valence-corrected chi connectivity index (χ0v) is 16.5. The Bertz CT molecular complexity index is 1020. The Morgan fingerprint density at radius 2 is 1.97 bits per heavy atom. The maximum atomic E-state index is 14.4. The fourth-order valence-corrected chi connectivity index (χ4v) is 3.73. The second-order valence-corrected chi connectivity index (χ2v) is 7.45. The van der Waals surface area contributed by atoms with Crippen LogP contribution in [0.3, 0.4) is 0 Å². The van der Waals surface area contributed by atoms with Crippen LogP contribution in [0.15, 0.2) is 67.0 Å². The lowest BCUT2D eigenvalue weighted by atomic mass is 9.96. The Labute approximate surface area is 174 Å². The van der Waals surface area contributed by atoms with Crippen LogP contribution < -0.4 is 5.32 Å². The third kappa shape index (κ3) is 4.56. The maximum absolute atomic E-state index is 14.4. The van der Waals surface area contributed by atoms with Crippen molar-refractivity contribution in [1.82, 2.24) is 14.7 Å². The summed E-state index contributed by atoms with van der Waals surface area (Å²) >= 11 is 0. The van der Waals surface area contributed by atoms with E-state index in [4.69, 9.17) is 0 Å². The van der Waals surface area contributed by atoms with Gasteiger partial charge in [-0.25, -0.2) is 9.07 Å². The maximum Gasteiger partial charge on any atom is 0.229 e. The van der Waals surface area contributed by atoms with E-state index >= 15 is 0 Å². The standard InChI is InChI=1S/C23H23FN4O2/c24-20-15-19(9-10-21(20)28-13-5-11-25-28)26-23(30)18-8-4-12-27(16-18)22(29)14-17-6-2-1-3-7-17/h1-3,5-7,9-11,13,15,18H,4,8,12,14,16H2,(H,26,30)/t18-/m1/s1. The molecule has 6 nitrogen and oxygen atoms in total. The van der Waals surface area contributed by atoms with Crippen molar-refractivity contribution in [1.29, 1.82) is 0 Å². The van der Waals surface area contributed by atoms with Crippen LogP contribution in [0.25, 0.3) is 5.69 Å². The first-order valence-electron chi connectivity index (χ1n) is 10.0. The van der Waals surface area contributed by atoms with E-state index in [1.807, 2.05) is 30.3 Å². The number of benzene rings is 2. The van der Waals surface area contributed by atoms with Gasteiger partial charge in [0.15, 0.2) is 5.82 Å². The van der Waals surface area contributed by atoms with E-state index in [2.05, 4.69) is 10.4 Å². The van der Waals surface area contributed by atoms with Crippen LogP contribution in [0.2, 0.25) is 0 Å². The third-order valence-electron chi connectivity index (χ3n) is 5.31. The molecule has 1 fully saturated rings. The van der Waals surface area contributed by atoms with Crippen molar-refractivity contribution in [2.24, 2.45) is 5.92 Å². The summed E-state index contributed by atoms with van der Waals surface area (Å²) in [6.07, 6.45) is 5.03. The fourth-order valence-electron chi connectivity index (χ4n) is 3.73. The van der Waals surface area contributed by atoms with Crippen molar-refractivity contribution in [2.45, 2.75) is 19.3 Å². The van der Waals surface area contributed by atoms with Gasteiger partial charge in [-0.15, -0.1) is 0 Å². The molecule has 2 heterocycles. The van der Waals surface area contributed by atoms with Gasteiger partial charge in [-0.1, -0.05) is 30.3 Å². The van der Waals surface area contributed by atoms with Crippen LogP contribution in [0.4, 0.5) is 10.1 Å². The summed E-state index contributed by atoms with van der Waals surface area (Å²) < 4.78 is 15.8. The summed E-state index contributed by atoms with van der Waals surface area (Å²) in [6, 6.07) is 15.8. The van der Waals surface area contributed by atoms with E-state index < -0.39 is 5.82 Å². The molecule has 0 aliphatic carbocycles. The number of anilines is 1. The summed E-state index contributed by atoms with van der Waals surface area (Å²) in [5, 5.41) is 6.81. The number of hydrogen-bond donors (Lipinski definition) is 1. The first kappa shape index (κ1) is 19.8. The number of nitrogens with one attached hydrogen (secondary N) is 1. The average Bonchev–Trinajstić information content (AvgIpc) is 3.29. The minimum Gasteiger partial charge on any atom is -0.342 e. The molecular formula is C23H23FN4O2. The Kier molecular flexibility index (Phi) is 5.88. The first-order chi connectivity index (χ1) is 14.6. The molecule has 0 radical (unpaired) electrons. The van der Waals surface area contributed by atoms with Crippen LogP contribution in [0.1, 0.15) is 18.4 Å². The van der Waals surface area contributed by atoms with Crippen molar-refractivity contribution in [2.75, 3.05) is 18.4 Å². The van der Waals surface area contributed by atoms with E-state index in [1.54, 1.807) is 35.5 Å². The van der Waals surface area contributed by atoms with E-state index in [0.29, 0.717) is 37.3 Å². The number of piperidine rings is 1. The first-order valence-corrected chi connectivity index (χ1v) is 10.0. The van der Waals surface area contributed by atoms with Crippen molar-refractivity contribution >= 4 is 17.5 Å². The highest BCUT2D eigenvalue weighted by Gasteiger charge is 2.28. The second-order valence-electron chi connectivity index (χ2n) is 7.45. The quantitative estimate of drug-likeness (QED) is 0.706. The highest BCUT2D eigenvalue weighted by Crippen LogP contribution is 2.22. The number of likely N-dealkylation sites (tertiary alicyclic amines) is 1. The SMILES string of the molecule is O=C(Nc1ccc(-n2cccn2)c(F)c1)[C@@H]1CCCN(C(=O)Cc2ccccc2)C1. The summed E-state index contributed by atoms with van der Waals surface area (Å²) in [5.74, 6) is -0.959. The number of rotatable bonds is 5. The minimum absolute atomic E-state index is 0.0216. The summed E-state index contributed by atoms with van der Waals surface area (Å²) in [7, 11) is 0.